The monoisotopic (exact) mass is 389 g/mol. The molecule has 1 aromatic heterocycles. The molecule has 1 atom stereocenters. The Kier molecular flexibility index (Phi) is 7.75. The minimum Gasteiger partial charge on any atom is -0.465 e. The maximum Gasteiger partial charge on any atom is 0.317 e. The SMILES string of the molecule is CCn1cc[n+](Cc2ccc(COC(=O)C(C)(COC)COC(C)=O)cc2)c1. The van der Waals surface area contributed by atoms with Crippen LogP contribution in [0.3, 0.4) is 0 Å². The van der Waals surface area contributed by atoms with Crippen molar-refractivity contribution in [3.05, 3.63) is 54.1 Å². The van der Waals surface area contributed by atoms with Crippen molar-refractivity contribution in [3.8, 4) is 0 Å². The predicted molar refractivity (Wildman–Crippen MR) is 102 cm³/mol. The molecule has 0 spiro atoms. The number of methoxy groups -OCH3 is 1. The van der Waals surface area contributed by atoms with Gasteiger partial charge < -0.3 is 14.2 Å². The fourth-order valence-electron chi connectivity index (χ4n) is 2.73. The molecule has 2 aromatic rings. The van der Waals surface area contributed by atoms with E-state index < -0.39 is 17.4 Å². The van der Waals surface area contributed by atoms with Gasteiger partial charge in [0.1, 0.15) is 37.6 Å². The maximum absolute atomic E-state index is 12.5. The third-order valence-corrected chi connectivity index (χ3v) is 4.42. The van der Waals surface area contributed by atoms with Crippen LogP contribution in [0.15, 0.2) is 43.0 Å². The average Bonchev–Trinajstić information content (AvgIpc) is 3.13. The van der Waals surface area contributed by atoms with Crippen molar-refractivity contribution in [2.24, 2.45) is 5.41 Å². The largest absolute Gasteiger partial charge is 0.465 e. The molecule has 0 aliphatic rings. The van der Waals surface area contributed by atoms with Gasteiger partial charge in [0.2, 0.25) is 6.33 Å². The van der Waals surface area contributed by atoms with Gasteiger partial charge in [-0.15, -0.1) is 0 Å². The summed E-state index contributed by atoms with van der Waals surface area (Å²) in [6.07, 6.45) is 6.15. The van der Waals surface area contributed by atoms with E-state index in [0.717, 1.165) is 24.2 Å². The number of aromatic nitrogens is 2. The van der Waals surface area contributed by atoms with Crippen molar-refractivity contribution in [2.45, 2.75) is 40.5 Å². The fourth-order valence-corrected chi connectivity index (χ4v) is 2.73. The summed E-state index contributed by atoms with van der Waals surface area (Å²) >= 11 is 0. The van der Waals surface area contributed by atoms with Crippen molar-refractivity contribution < 1.29 is 28.4 Å². The molecule has 0 N–H and O–H groups in total. The number of carbonyl (C=O) groups is 2. The Morgan fingerprint density at radius 3 is 2.36 bits per heavy atom. The molecule has 2 rings (SSSR count). The number of hydrogen-bond donors (Lipinski definition) is 0. The van der Waals surface area contributed by atoms with E-state index in [2.05, 4.69) is 22.4 Å². The minimum atomic E-state index is -1.04. The van der Waals surface area contributed by atoms with Gasteiger partial charge >= 0.3 is 11.9 Å². The van der Waals surface area contributed by atoms with E-state index in [0.29, 0.717) is 0 Å². The molecule has 0 saturated carbocycles. The highest BCUT2D eigenvalue weighted by atomic mass is 16.6. The Hall–Kier alpha value is -2.67. The molecule has 0 radical (unpaired) electrons. The Labute approximate surface area is 165 Å². The van der Waals surface area contributed by atoms with Crippen LogP contribution in [-0.4, -0.2) is 36.8 Å². The van der Waals surface area contributed by atoms with Crippen LogP contribution >= 0.6 is 0 Å². The Bertz CT molecular complexity index is 784. The van der Waals surface area contributed by atoms with Crippen LogP contribution in [-0.2, 0) is 43.5 Å². The number of ether oxygens (including phenoxy) is 3. The summed E-state index contributed by atoms with van der Waals surface area (Å²) in [7, 11) is 1.49. The summed E-state index contributed by atoms with van der Waals surface area (Å²) < 4.78 is 19.8. The molecule has 0 fully saturated rings. The van der Waals surface area contributed by atoms with Gasteiger partial charge in [-0.05, 0) is 25.0 Å². The predicted octanol–water partition coefficient (Wildman–Crippen LogP) is 2.10. The molecule has 0 aliphatic carbocycles. The topological polar surface area (TPSA) is 70.6 Å². The molecule has 1 aromatic carbocycles. The van der Waals surface area contributed by atoms with Crippen molar-refractivity contribution in [1.29, 1.82) is 0 Å². The first-order valence-electron chi connectivity index (χ1n) is 9.28. The van der Waals surface area contributed by atoms with E-state index >= 15 is 0 Å². The van der Waals surface area contributed by atoms with Crippen LogP contribution in [0.2, 0.25) is 0 Å². The zero-order valence-corrected chi connectivity index (χ0v) is 17.0. The van der Waals surface area contributed by atoms with Gasteiger partial charge in [-0.2, -0.15) is 0 Å². The fraction of sp³-hybridized carbons (Fsp3) is 0.476. The highest BCUT2D eigenvalue weighted by molar-refractivity contribution is 5.77. The minimum absolute atomic E-state index is 0.0808. The van der Waals surface area contributed by atoms with Crippen molar-refractivity contribution in [1.82, 2.24) is 4.57 Å². The number of nitrogens with zero attached hydrogens (tertiary/aromatic N) is 2. The number of benzene rings is 1. The number of hydrogen-bond acceptors (Lipinski definition) is 5. The highest BCUT2D eigenvalue weighted by Gasteiger charge is 2.36. The number of imidazole rings is 1. The molecule has 0 amide bonds. The van der Waals surface area contributed by atoms with Gasteiger partial charge in [0.15, 0.2) is 0 Å². The van der Waals surface area contributed by atoms with Gasteiger partial charge in [0.25, 0.3) is 0 Å². The molecular formula is C21H29N2O5+. The quantitative estimate of drug-likeness (QED) is 0.460. The number of aryl methyl sites for hydroxylation is 1. The van der Waals surface area contributed by atoms with E-state index in [1.54, 1.807) is 6.92 Å². The third kappa shape index (κ3) is 6.20. The van der Waals surface area contributed by atoms with Crippen LogP contribution < -0.4 is 4.57 Å². The normalized spacial score (nSPS) is 13.0. The lowest BCUT2D eigenvalue weighted by atomic mass is 9.93. The van der Waals surface area contributed by atoms with E-state index in [1.807, 2.05) is 36.7 Å². The molecule has 7 heteroatoms. The maximum atomic E-state index is 12.5. The molecule has 152 valence electrons. The summed E-state index contributed by atoms with van der Waals surface area (Å²) in [6, 6.07) is 7.93. The second kappa shape index (κ2) is 10.0. The lowest BCUT2D eigenvalue weighted by Gasteiger charge is -2.25. The average molecular weight is 389 g/mol. The van der Waals surface area contributed by atoms with Crippen molar-refractivity contribution >= 4 is 11.9 Å². The van der Waals surface area contributed by atoms with Crippen LogP contribution in [0.25, 0.3) is 0 Å². The number of rotatable bonds is 10. The van der Waals surface area contributed by atoms with Crippen LogP contribution in [0.4, 0.5) is 0 Å². The zero-order chi connectivity index (χ0) is 20.6. The summed E-state index contributed by atoms with van der Waals surface area (Å²) in [5.74, 6) is -0.908. The van der Waals surface area contributed by atoms with E-state index in [4.69, 9.17) is 14.2 Å². The summed E-state index contributed by atoms with van der Waals surface area (Å²) in [6.45, 7) is 6.95. The van der Waals surface area contributed by atoms with Gasteiger partial charge in [-0.25, -0.2) is 9.13 Å². The molecule has 0 saturated heterocycles. The van der Waals surface area contributed by atoms with Gasteiger partial charge in [0, 0.05) is 14.0 Å². The van der Waals surface area contributed by atoms with Gasteiger partial charge in [0.05, 0.1) is 13.2 Å². The lowest BCUT2D eigenvalue weighted by molar-refractivity contribution is -0.687. The third-order valence-electron chi connectivity index (χ3n) is 4.42. The number of esters is 2. The number of carbonyl (C=O) groups excluding carboxylic acids is 2. The molecule has 1 heterocycles. The Balaban J connectivity index is 1.91. The molecular weight excluding hydrogens is 360 g/mol. The second-order valence-corrected chi connectivity index (χ2v) is 7.08. The summed E-state index contributed by atoms with van der Waals surface area (Å²) in [5.41, 5.74) is 1.01. The second-order valence-electron chi connectivity index (χ2n) is 7.08. The molecule has 0 bridgehead atoms. The Morgan fingerprint density at radius 1 is 1.11 bits per heavy atom. The molecule has 7 nitrogen and oxygen atoms in total. The first-order valence-corrected chi connectivity index (χ1v) is 9.28. The summed E-state index contributed by atoms with van der Waals surface area (Å²) in [5, 5.41) is 0. The van der Waals surface area contributed by atoms with Crippen LogP contribution in [0.1, 0.15) is 31.9 Å². The van der Waals surface area contributed by atoms with Gasteiger partial charge in [-0.1, -0.05) is 24.3 Å². The zero-order valence-electron chi connectivity index (χ0n) is 17.0. The van der Waals surface area contributed by atoms with E-state index in [1.165, 1.54) is 14.0 Å². The molecule has 0 aliphatic heterocycles. The van der Waals surface area contributed by atoms with Gasteiger partial charge in [-0.3, -0.25) is 9.59 Å². The summed E-state index contributed by atoms with van der Waals surface area (Å²) in [4.78, 5) is 23.5. The van der Waals surface area contributed by atoms with Crippen LogP contribution in [0.5, 0.6) is 0 Å². The highest BCUT2D eigenvalue weighted by Crippen LogP contribution is 2.21. The smallest absolute Gasteiger partial charge is 0.317 e. The standard InChI is InChI=1S/C21H29N2O5/c1-5-22-10-11-23(16-22)12-18-6-8-19(9-7-18)13-27-20(25)21(3,14-26-4)15-28-17(2)24/h6-11,16H,5,12-15H2,1-4H3/q+1. The first kappa shape index (κ1) is 21.6. The van der Waals surface area contributed by atoms with Crippen LogP contribution in [0, 0.1) is 5.41 Å². The molecule has 28 heavy (non-hydrogen) atoms. The van der Waals surface area contributed by atoms with Crippen molar-refractivity contribution in [3.63, 3.8) is 0 Å². The van der Waals surface area contributed by atoms with E-state index in [-0.39, 0.29) is 19.8 Å². The van der Waals surface area contributed by atoms with E-state index in [9.17, 15) is 9.59 Å². The first-order chi connectivity index (χ1) is 13.4. The van der Waals surface area contributed by atoms with Crippen molar-refractivity contribution in [2.75, 3.05) is 20.3 Å². The Morgan fingerprint density at radius 2 is 1.79 bits per heavy atom. The lowest BCUT2D eigenvalue weighted by Crippen LogP contribution is -2.39. The molecule has 1 unspecified atom stereocenters.